The molecule has 0 atom stereocenters. The van der Waals surface area contributed by atoms with Gasteiger partial charge in [0.1, 0.15) is 5.75 Å². The summed E-state index contributed by atoms with van der Waals surface area (Å²) in [4.78, 5) is 4.14. The van der Waals surface area contributed by atoms with E-state index in [9.17, 15) is 0 Å². The van der Waals surface area contributed by atoms with Crippen LogP contribution in [0, 0.1) is 11.5 Å². The largest absolute Gasteiger partial charge is 0.425 e. The highest BCUT2D eigenvalue weighted by Crippen LogP contribution is 2.34. The normalized spacial score (nSPS) is 10.9. The summed E-state index contributed by atoms with van der Waals surface area (Å²) in [6.45, 7) is 0. The molecule has 1 N–H and O–H groups in total. The Morgan fingerprint density at radius 1 is 1.10 bits per heavy atom. The van der Waals surface area contributed by atoms with E-state index in [0.717, 1.165) is 0 Å². The lowest BCUT2D eigenvalue weighted by atomic mass is 10.3. The molecule has 2 aromatic rings. The number of hydrogen-bond donors (Lipinski definition) is 1. The highest BCUT2D eigenvalue weighted by Gasteiger charge is 2.08. The number of halogens is 3. The van der Waals surface area contributed by atoms with Gasteiger partial charge in [0, 0.05) is 0 Å². The van der Waals surface area contributed by atoms with E-state index < -0.39 is 0 Å². The van der Waals surface area contributed by atoms with Crippen LogP contribution >= 0.6 is 34.8 Å². The molecular formula is C14H8Cl3N3O. The number of hydrogen-bond acceptors (Lipinski definition) is 3. The fourth-order valence-corrected chi connectivity index (χ4v) is 2.03. The van der Waals surface area contributed by atoms with Crippen LogP contribution in [0.25, 0.3) is 0 Å². The van der Waals surface area contributed by atoms with Gasteiger partial charge in [-0.3, -0.25) is 0 Å². The number of amidine groups is 1. The fourth-order valence-electron chi connectivity index (χ4n) is 1.45. The van der Waals surface area contributed by atoms with Gasteiger partial charge < -0.3 is 4.74 Å². The predicted octanol–water partition coefficient (Wildman–Crippen LogP) is 4.78. The maximum Gasteiger partial charge on any atom is 0.309 e. The summed E-state index contributed by atoms with van der Waals surface area (Å²) in [6.07, 6.45) is 1.75. The van der Waals surface area contributed by atoms with Crippen LogP contribution < -0.4 is 10.1 Å². The lowest BCUT2D eigenvalue weighted by Gasteiger charge is -2.07. The van der Waals surface area contributed by atoms with E-state index in [2.05, 4.69) is 10.3 Å². The molecule has 21 heavy (non-hydrogen) atoms. The van der Waals surface area contributed by atoms with Gasteiger partial charge in [-0.05, 0) is 24.3 Å². The van der Waals surface area contributed by atoms with Crippen molar-refractivity contribution in [2.75, 3.05) is 0 Å². The zero-order chi connectivity index (χ0) is 15.2. The van der Waals surface area contributed by atoms with Gasteiger partial charge in [-0.2, -0.15) is 10.3 Å². The van der Waals surface area contributed by atoms with Crippen molar-refractivity contribution in [2.24, 2.45) is 4.99 Å². The molecule has 0 amide bonds. The van der Waals surface area contributed by atoms with Crippen molar-refractivity contribution in [1.82, 2.24) is 5.32 Å². The van der Waals surface area contributed by atoms with Gasteiger partial charge in [0.05, 0.1) is 20.8 Å². The monoisotopic (exact) mass is 339 g/mol. The second-order valence-corrected chi connectivity index (χ2v) is 4.98. The standard InChI is InChI=1S/C14H8Cl3N3O/c15-11-6-9(7-12(16)13(11)17)20-14(19-8-18)21-10-4-2-1-3-5-10/h1-7H,(H,19,20). The number of nitrogens with one attached hydrogen (secondary N) is 1. The van der Waals surface area contributed by atoms with Gasteiger partial charge >= 0.3 is 6.02 Å². The quantitative estimate of drug-likeness (QED) is 0.281. The lowest BCUT2D eigenvalue weighted by molar-refractivity contribution is 0.531. The summed E-state index contributed by atoms with van der Waals surface area (Å²) in [5, 5.41) is 11.9. The third kappa shape index (κ3) is 4.27. The van der Waals surface area contributed by atoms with Gasteiger partial charge in [-0.15, -0.1) is 0 Å². The fraction of sp³-hybridized carbons (Fsp3) is 0. The molecule has 2 rings (SSSR count). The molecule has 0 aromatic heterocycles. The Kier molecular flexibility index (Phi) is 5.29. The van der Waals surface area contributed by atoms with Crippen molar-refractivity contribution < 1.29 is 4.74 Å². The second kappa shape index (κ2) is 7.19. The SMILES string of the molecule is N#CNC(=Nc1cc(Cl)c(Cl)c(Cl)c1)Oc1ccccc1. The minimum absolute atomic E-state index is 0.00171. The Hall–Kier alpha value is -1.93. The van der Waals surface area contributed by atoms with E-state index in [4.69, 9.17) is 44.8 Å². The summed E-state index contributed by atoms with van der Waals surface area (Å²) in [6, 6.07) is 11.9. The number of nitriles is 1. The van der Waals surface area contributed by atoms with Gasteiger partial charge in [-0.25, -0.2) is 5.32 Å². The molecule has 0 bridgehead atoms. The zero-order valence-electron chi connectivity index (χ0n) is 10.5. The van der Waals surface area contributed by atoms with Gasteiger partial charge in [0.15, 0.2) is 6.19 Å². The second-order valence-electron chi connectivity index (χ2n) is 3.79. The van der Waals surface area contributed by atoms with E-state index in [-0.39, 0.29) is 21.1 Å². The molecule has 0 aliphatic rings. The Labute approximate surface area is 136 Å². The summed E-state index contributed by atoms with van der Waals surface area (Å²) in [5.41, 5.74) is 0.406. The number of aliphatic imine (C=N–C) groups is 1. The van der Waals surface area contributed by atoms with Crippen LogP contribution in [0.3, 0.4) is 0 Å². The molecule has 0 spiro atoms. The number of rotatable bonds is 2. The maximum absolute atomic E-state index is 8.75. The van der Waals surface area contributed by atoms with Gasteiger partial charge in [0.25, 0.3) is 0 Å². The van der Waals surface area contributed by atoms with E-state index in [0.29, 0.717) is 11.4 Å². The summed E-state index contributed by atoms with van der Waals surface area (Å²) < 4.78 is 5.47. The number of ether oxygens (including phenoxy) is 1. The van der Waals surface area contributed by atoms with E-state index >= 15 is 0 Å². The Bertz CT molecular complexity index is 688. The van der Waals surface area contributed by atoms with Crippen molar-refractivity contribution in [3.63, 3.8) is 0 Å². The predicted molar refractivity (Wildman–Crippen MR) is 84.4 cm³/mol. The van der Waals surface area contributed by atoms with Crippen molar-refractivity contribution in [2.45, 2.75) is 0 Å². The molecule has 106 valence electrons. The highest BCUT2D eigenvalue weighted by atomic mass is 35.5. The molecule has 2 aromatic carbocycles. The van der Waals surface area contributed by atoms with Crippen LogP contribution in [0.2, 0.25) is 15.1 Å². The summed E-state index contributed by atoms with van der Waals surface area (Å²) in [7, 11) is 0. The molecule has 0 saturated heterocycles. The Morgan fingerprint density at radius 3 is 2.29 bits per heavy atom. The first-order chi connectivity index (χ1) is 10.1. The van der Waals surface area contributed by atoms with Crippen LogP contribution in [-0.2, 0) is 0 Å². The molecular weight excluding hydrogens is 333 g/mol. The van der Waals surface area contributed by atoms with Crippen LogP contribution in [0.4, 0.5) is 5.69 Å². The first kappa shape index (κ1) is 15.5. The van der Waals surface area contributed by atoms with Crippen LogP contribution in [0.1, 0.15) is 0 Å². The molecule has 0 fully saturated rings. The van der Waals surface area contributed by atoms with Crippen molar-refractivity contribution in [3.05, 3.63) is 57.5 Å². The molecule has 0 radical (unpaired) electrons. The van der Waals surface area contributed by atoms with Crippen LogP contribution in [0.5, 0.6) is 5.75 Å². The van der Waals surface area contributed by atoms with Crippen molar-refractivity contribution in [3.8, 4) is 11.9 Å². The molecule has 0 unspecified atom stereocenters. The van der Waals surface area contributed by atoms with E-state index in [1.165, 1.54) is 12.1 Å². The zero-order valence-corrected chi connectivity index (χ0v) is 12.7. The van der Waals surface area contributed by atoms with E-state index in [1.807, 2.05) is 6.07 Å². The molecule has 4 nitrogen and oxygen atoms in total. The third-order valence-electron chi connectivity index (χ3n) is 2.32. The topological polar surface area (TPSA) is 57.4 Å². The minimum Gasteiger partial charge on any atom is -0.425 e. The van der Waals surface area contributed by atoms with Crippen LogP contribution in [0.15, 0.2) is 47.5 Å². The molecule has 0 aliphatic heterocycles. The summed E-state index contributed by atoms with van der Waals surface area (Å²) >= 11 is 17.7. The molecule has 0 heterocycles. The van der Waals surface area contributed by atoms with E-state index in [1.54, 1.807) is 30.5 Å². The van der Waals surface area contributed by atoms with Crippen molar-refractivity contribution in [1.29, 1.82) is 5.26 Å². The molecule has 0 saturated carbocycles. The smallest absolute Gasteiger partial charge is 0.309 e. The number of para-hydroxylation sites is 1. The lowest BCUT2D eigenvalue weighted by Crippen LogP contribution is -2.23. The average molecular weight is 341 g/mol. The molecule has 0 aliphatic carbocycles. The Morgan fingerprint density at radius 2 is 1.71 bits per heavy atom. The van der Waals surface area contributed by atoms with Gasteiger partial charge in [-0.1, -0.05) is 53.0 Å². The van der Waals surface area contributed by atoms with Crippen molar-refractivity contribution >= 4 is 46.5 Å². The highest BCUT2D eigenvalue weighted by molar-refractivity contribution is 6.48. The first-order valence-corrected chi connectivity index (χ1v) is 6.85. The molecule has 7 heteroatoms. The minimum atomic E-state index is -0.00171. The number of benzene rings is 2. The maximum atomic E-state index is 8.75. The Balaban J connectivity index is 2.32. The average Bonchev–Trinajstić information content (AvgIpc) is 2.46. The number of nitrogens with zero attached hydrogens (tertiary/aromatic N) is 2. The van der Waals surface area contributed by atoms with Gasteiger partial charge in [0.2, 0.25) is 0 Å². The first-order valence-electron chi connectivity index (χ1n) is 5.71. The third-order valence-corrected chi connectivity index (χ3v) is 3.52. The van der Waals surface area contributed by atoms with Crippen LogP contribution in [-0.4, -0.2) is 6.02 Å². The summed E-state index contributed by atoms with van der Waals surface area (Å²) in [5.74, 6) is 0.533.